The molecule has 18 heavy (non-hydrogen) atoms. The summed E-state index contributed by atoms with van der Waals surface area (Å²) in [5, 5.41) is 10.9. The van der Waals surface area contributed by atoms with Crippen LogP contribution in [0.3, 0.4) is 0 Å². The summed E-state index contributed by atoms with van der Waals surface area (Å²) < 4.78 is 0. The molecule has 0 aliphatic rings. The maximum absolute atomic E-state index is 9.94. The predicted octanol–water partition coefficient (Wildman–Crippen LogP) is 4.08. The third-order valence-corrected chi connectivity index (χ3v) is 2.76. The zero-order chi connectivity index (χ0) is 13.0. The predicted molar refractivity (Wildman–Crippen MR) is 74.7 cm³/mol. The normalized spacial score (nSPS) is 11.5. The number of halogens is 2. The molecule has 1 nitrogen and oxygen atoms in total. The van der Waals surface area contributed by atoms with E-state index in [0.717, 1.165) is 5.56 Å². The molecule has 0 amide bonds. The minimum absolute atomic E-state index is 0.484. The van der Waals surface area contributed by atoms with Crippen LogP contribution in [0.1, 0.15) is 17.2 Å². The van der Waals surface area contributed by atoms with Crippen LogP contribution in [0.4, 0.5) is 0 Å². The number of hydrogen-bond acceptors (Lipinski definition) is 1. The Hall–Kier alpha value is -1.46. The maximum atomic E-state index is 9.94. The van der Waals surface area contributed by atoms with E-state index < -0.39 is 6.10 Å². The lowest BCUT2D eigenvalue weighted by atomic mass is 10.1. The molecule has 0 fully saturated rings. The molecule has 1 atom stereocenters. The molecule has 2 aromatic rings. The van der Waals surface area contributed by atoms with Gasteiger partial charge in [0.25, 0.3) is 0 Å². The number of rotatable bonds is 1. The minimum atomic E-state index is -0.901. The topological polar surface area (TPSA) is 20.2 Å². The zero-order valence-electron chi connectivity index (χ0n) is 9.40. The lowest BCUT2D eigenvalue weighted by molar-refractivity contribution is 0.238. The fraction of sp³-hybridized carbons (Fsp3) is 0.0667. The summed E-state index contributed by atoms with van der Waals surface area (Å²) in [6, 6.07) is 14.4. The maximum Gasteiger partial charge on any atom is 0.140 e. The Morgan fingerprint density at radius 2 is 1.56 bits per heavy atom. The van der Waals surface area contributed by atoms with Crippen molar-refractivity contribution in [2.45, 2.75) is 6.10 Å². The Balaban J connectivity index is 2.22. The Kier molecular flexibility index (Phi) is 4.28. The highest BCUT2D eigenvalue weighted by atomic mass is 35.5. The van der Waals surface area contributed by atoms with E-state index >= 15 is 0 Å². The summed E-state index contributed by atoms with van der Waals surface area (Å²) in [5.41, 5.74) is 1.45. The Bertz CT molecular complexity index is 577. The van der Waals surface area contributed by atoms with E-state index in [-0.39, 0.29) is 0 Å². The van der Waals surface area contributed by atoms with Crippen molar-refractivity contribution in [1.82, 2.24) is 0 Å². The number of aliphatic hydroxyl groups is 1. The SMILES string of the molecule is O[C@@H](C#Cc1ccccc1)c1cc(Cl)cc(Cl)c1. The smallest absolute Gasteiger partial charge is 0.140 e. The van der Waals surface area contributed by atoms with Gasteiger partial charge in [0.2, 0.25) is 0 Å². The second-order valence-electron chi connectivity index (χ2n) is 3.74. The van der Waals surface area contributed by atoms with Gasteiger partial charge in [-0.05, 0) is 35.9 Å². The summed E-state index contributed by atoms with van der Waals surface area (Å²) in [4.78, 5) is 0. The Labute approximate surface area is 116 Å². The molecule has 0 saturated heterocycles. The first-order valence-corrected chi connectivity index (χ1v) is 6.11. The van der Waals surface area contributed by atoms with Gasteiger partial charge in [0, 0.05) is 15.6 Å². The van der Waals surface area contributed by atoms with Crippen LogP contribution in [0.5, 0.6) is 0 Å². The summed E-state index contributed by atoms with van der Waals surface area (Å²) in [5.74, 6) is 5.65. The van der Waals surface area contributed by atoms with E-state index in [4.69, 9.17) is 23.2 Å². The van der Waals surface area contributed by atoms with Gasteiger partial charge in [-0.25, -0.2) is 0 Å². The fourth-order valence-electron chi connectivity index (χ4n) is 1.49. The van der Waals surface area contributed by atoms with Crippen LogP contribution in [-0.2, 0) is 0 Å². The first-order valence-electron chi connectivity index (χ1n) is 5.36. The lowest BCUT2D eigenvalue weighted by Crippen LogP contribution is -1.93. The highest BCUT2D eigenvalue weighted by molar-refractivity contribution is 6.34. The first-order chi connectivity index (χ1) is 8.65. The fourth-order valence-corrected chi connectivity index (χ4v) is 2.03. The quantitative estimate of drug-likeness (QED) is 0.779. The molecule has 0 aliphatic carbocycles. The molecule has 0 aromatic heterocycles. The number of aliphatic hydroxyl groups excluding tert-OH is 1. The van der Waals surface area contributed by atoms with Crippen molar-refractivity contribution in [3.8, 4) is 11.8 Å². The zero-order valence-corrected chi connectivity index (χ0v) is 10.9. The largest absolute Gasteiger partial charge is 0.376 e. The van der Waals surface area contributed by atoms with Crippen LogP contribution < -0.4 is 0 Å². The van der Waals surface area contributed by atoms with Gasteiger partial charge < -0.3 is 5.11 Å². The molecule has 0 radical (unpaired) electrons. The van der Waals surface area contributed by atoms with Gasteiger partial charge in [-0.1, -0.05) is 53.2 Å². The van der Waals surface area contributed by atoms with E-state index in [1.807, 2.05) is 30.3 Å². The third-order valence-electron chi connectivity index (χ3n) is 2.33. The average Bonchev–Trinajstić information content (AvgIpc) is 2.36. The van der Waals surface area contributed by atoms with Gasteiger partial charge in [-0.15, -0.1) is 0 Å². The van der Waals surface area contributed by atoms with Crippen molar-refractivity contribution < 1.29 is 5.11 Å². The van der Waals surface area contributed by atoms with Gasteiger partial charge in [0.05, 0.1) is 0 Å². The molecule has 90 valence electrons. The van der Waals surface area contributed by atoms with Crippen LogP contribution in [0.25, 0.3) is 0 Å². The second-order valence-corrected chi connectivity index (χ2v) is 4.61. The minimum Gasteiger partial charge on any atom is -0.376 e. The summed E-state index contributed by atoms with van der Waals surface area (Å²) in [6.45, 7) is 0. The molecule has 2 rings (SSSR count). The molecular weight excluding hydrogens is 267 g/mol. The molecule has 0 heterocycles. The van der Waals surface area contributed by atoms with Crippen molar-refractivity contribution in [2.75, 3.05) is 0 Å². The van der Waals surface area contributed by atoms with Crippen LogP contribution in [0, 0.1) is 11.8 Å². The van der Waals surface area contributed by atoms with Crippen molar-refractivity contribution in [3.63, 3.8) is 0 Å². The lowest BCUT2D eigenvalue weighted by Gasteiger charge is -2.04. The molecular formula is C15H10Cl2O. The number of benzene rings is 2. The van der Waals surface area contributed by atoms with E-state index in [1.165, 1.54) is 0 Å². The monoisotopic (exact) mass is 276 g/mol. The Morgan fingerprint density at radius 1 is 0.944 bits per heavy atom. The van der Waals surface area contributed by atoms with E-state index in [1.54, 1.807) is 18.2 Å². The van der Waals surface area contributed by atoms with Gasteiger partial charge in [0.1, 0.15) is 6.10 Å². The van der Waals surface area contributed by atoms with E-state index in [9.17, 15) is 5.11 Å². The van der Waals surface area contributed by atoms with E-state index in [0.29, 0.717) is 15.6 Å². The summed E-state index contributed by atoms with van der Waals surface area (Å²) in [7, 11) is 0. The summed E-state index contributed by atoms with van der Waals surface area (Å²) in [6.07, 6.45) is -0.901. The van der Waals surface area contributed by atoms with Crippen LogP contribution >= 0.6 is 23.2 Å². The van der Waals surface area contributed by atoms with E-state index in [2.05, 4.69) is 11.8 Å². The first kappa shape index (κ1) is 13.0. The molecule has 3 heteroatoms. The van der Waals surface area contributed by atoms with Gasteiger partial charge >= 0.3 is 0 Å². The molecule has 0 bridgehead atoms. The standard InChI is InChI=1S/C15H10Cl2O/c16-13-8-12(9-14(17)10-13)15(18)7-6-11-4-2-1-3-5-11/h1-5,8-10,15,18H/t15-/m0/s1. The van der Waals surface area contributed by atoms with Crippen molar-refractivity contribution in [3.05, 3.63) is 69.7 Å². The molecule has 2 aromatic carbocycles. The van der Waals surface area contributed by atoms with Crippen molar-refractivity contribution >= 4 is 23.2 Å². The average molecular weight is 277 g/mol. The van der Waals surface area contributed by atoms with Crippen molar-refractivity contribution in [1.29, 1.82) is 0 Å². The van der Waals surface area contributed by atoms with Gasteiger partial charge in [-0.3, -0.25) is 0 Å². The van der Waals surface area contributed by atoms with Gasteiger partial charge in [-0.2, -0.15) is 0 Å². The molecule has 0 saturated carbocycles. The summed E-state index contributed by atoms with van der Waals surface area (Å²) >= 11 is 11.7. The second kappa shape index (κ2) is 5.93. The van der Waals surface area contributed by atoms with Crippen LogP contribution in [0.2, 0.25) is 10.0 Å². The third kappa shape index (κ3) is 3.51. The van der Waals surface area contributed by atoms with Gasteiger partial charge in [0.15, 0.2) is 0 Å². The number of hydrogen-bond donors (Lipinski definition) is 1. The van der Waals surface area contributed by atoms with Crippen LogP contribution in [-0.4, -0.2) is 5.11 Å². The Morgan fingerprint density at radius 3 is 2.17 bits per heavy atom. The molecule has 0 spiro atoms. The van der Waals surface area contributed by atoms with Crippen LogP contribution in [0.15, 0.2) is 48.5 Å². The highest BCUT2D eigenvalue weighted by Crippen LogP contribution is 2.23. The van der Waals surface area contributed by atoms with Crippen molar-refractivity contribution in [2.24, 2.45) is 0 Å². The highest BCUT2D eigenvalue weighted by Gasteiger charge is 2.05. The molecule has 0 aliphatic heterocycles. The molecule has 1 N–H and O–H groups in total. The molecule has 0 unspecified atom stereocenters.